The Balaban J connectivity index is 1.92. The number of carbonyl (C=O) groups excluding carboxylic acids is 1. The van der Waals surface area contributed by atoms with Gasteiger partial charge in [-0.1, -0.05) is 44.7 Å². The minimum absolute atomic E-state index is 0.244. The fourth-order valence-electron chi connectivity index (χ4n) is 4.07. The maximum Gasteiger partial charge on any atom is 0.381 e. The molecule has 2 rings (SSSR count). The van der Waals surface area contributed by atoms with Crippen LogP contribution in [-0.2, 0) is 4.74 Å². The van der Waals surface area contributed by atoms with Crippen molar-refractivity contribution in [3.8, 4) is 0 Å². The van der Waals surface area contributed by atoms with Gasteiger partial charge in [-0.3, -0.25) is 0 Å². The molecule has 1 fully saturated rings. The second kappa shape index (κ2) is 11.0. The summed E-state index contributed by atoms with van der Waals surface area (Å²) in [5, 5.41) is 0. The van der Waals surface area contributed by atoms with Crippen molar-refractivity contribution in [2.75, 3.05) is 6.61 Å². The van der Waals surface area contributed by atoms with Crippen molar-refractivity contribution in [2.24, 2.45) is 5.92 Å². The van der Waals surface area contributed by atoms with Gasteiger partial charge >= 0.3 is 30.2 Å². The second-order valence-electron chi connectivity index (χ2n) is 8.61. The first-order chi connectivity index (χ1) is 15.3. The van der Waals surface area contributed by atoms with Gasteiger partial charge in [0, 0.05) is 0 Å². The number of alkyl halides is 8. The molecule has 1 saturated carbocycles. The Morgan fingerprint density at radius 3 is 2.06 bits per heavy atom. The summed E-state index contributed by atoms with van der Waals surface area (Å²) in [5.74, 6) is -18.9. The Morgan fingerprint density at radius 2 is 1.55 bits per heavy atom. The number of ether oxygens (including phenoxy) is 1. The van der Waals surface area contributed by atoms with Crippen LogP contribution in [0.3, 0.4) is 0 Å². The highest BCUT2D eigenvalue weighted by atomic mass is 19.4. The van der Waals surface area contributed by atoms with Gasteiger partial charge in [-0.05, 0) is 55.2 Å². The summed E-state index contributed by atoms with van der Waals surface area (Å²) in [6.45, 7) is -0.311. The molecule has 0 aromatic heterocycles. The molecule has 0 radical (unpaired) electrons. The monoisotopic (exact) mass is 488 g/mol. The van der Waals surface area contributed by atoms with Crippen LogP contribution in [0, 0.1) is 5.92 Å². The van der Waals surface area contributed by atoms with Gasteiger partial charge in [0.05, 0.1) is 5.56 Å². The molecule has 0 bridgehead atoms. The highest BCUT2D eigenvalue weighted by Gasteiger charge is 2.75. The molecule has 0 heterocycles. The molecule has 2 nitrogen and oxygen atoms in total. The topological polar surface area (TPSA) is 26.3 Å². The van der Waals surface area contributed by atoms with E-state index in [4.69, 9.17) is 0 Å². The number of benzene rings is 1. The Labute approximate surface area is 187 Å². The molecule has 0 aliphatic heterocycles. The van der Waals surface area contributed by atoms with Gasteiger partial charge in [0.25, 0.3) is 0 Å². The van der Waals surface area contributed by atoms with E-state index in [9.17, 15) is 39.9 Å². The van der Waals surface area contributed by atoms with Crippen LogP contribution in [0.4, 0.5) is 35.1 Å². The molecule has 0 unspecified atom stereocenters. The van der Waals surface area contributed by atoms with Gasteiger partial charge in [-0.15, -0.1) is 0 Å². The van der Waals surface area contributed by atoms with Gasteiger partial charge in [0.15, 0.2) is 6.61 Å². The third-order valence-corrected chi connectivity index (χ3v) is 6.22. The first-order valence-corrected chi connectivity index (χ1v) is 11.0. The molecule has 1 aromatic rings. The Hall–Kier alpha value is -1.87. The number of hydrogen-bond acceptors (Lipinski definition) is 2. The van der Waals surface area contributed by atoms with Gasteiger partial charge in [0.1, 0.15) is 0 Å². The number of esters is 1. The SMILES string of the molecule is CCCCCC1CCC(c2ccc(C(=O)OCC(F)(F)C(F)(F)C(F)(F)C(F)F)cc2)CC1. The minimum atomic E-state index is -6.41. The van der Waals surface area contributed by atoms with Crippen LogP contribution in [0.1, 0.15) is 80.1 Å². The van der Waals surface area contributed by atoms with E-state index in [1.807, 2.05) is 0 Å². The third-order valence-electron chi connectivity index (χ3n) is 6.22. The molecule has 10 heteroatoms. The number of halogens is 8. The van der Waals surface area contributed by atoms with E-state index in [0.717, 1.165) is 31.2 Å². The van der Waals surface area contributed by atoms with Gasteiger partial charge < -0.3 is 4.74 Å². The summed E-state index contributed by atoms with van der Waals surface area (Å²) >= 11 is 0. The largest absolute Gasteiger partial charge is 0.455 e. The lowest BCUT2D eigenvalue weighted by Crippen LogP contribution is -2.59. The lowest BCUT2D eigenvalue weighted by molar-refractivity contribution is -0.343. The number of hydrogen-bond donors (Lipinski definition) is 0. The molecular formula is C23H28F8O2. The molecule has 0 saturated heterocycles. The Kier molecular flexibility index (Phi) is 9.16. The zero-order valence-corrected chi connectivity index (χ0v) is 18.2. The van der Waals surface area contributed by atoms with E-state index in [0.29, 0.717) is 5.92 Å². The normalized spacial score (nSPS) is 20.2. The van der Waals surface area contributed by atoms with E-state index in [2.05, 4.69) is 11.7 Å². The van der Waals surface area contributed by atoms with Gasteiger partial charge in [-0.2, -0.15) is 26.3 Å². The first kappa shape index (κ1) is 27.4. The first-order valence-electron chi connectivity index (χ1n) is 11.0. The highest BCUT2D eigenvalue weighted by Crippen LogP contribution is 2.48. The minimum Gasteiger partial charge on any atom is -0.455 e. The summed E-state index contributed by atoms with van der Waals surface area (Å²) in [6, 6.07) is 5.76. The maximum absolute atomic E-state index is 13.5. The predicted octanol–water partition coefficient (Wildman–Crippen LogP) is 7.87. The lowest BCUT2D eigenvalue weighted by Gasteiger charge is -2.31. The summed E-state index contributed by atoms with van der Waals surface area (Å²) in [6.07, 6.45) is 3.91. The molecule has 1 aliphatic carbocycles. The van der Waals surface area contributed by atoms with Crippen molar-refractivity contribution >= 4 is 5.97 Å². The standard InChI is InChI=1S/C23H28F8O2/c1-2-3-4-5-15-6-8-16(9-7-15)17-10-12-18(13-11-17)19(32)33-14-21(26,27)23(30,31)22(28,29)20(24)25/h10-13,15-16,20H,2-9,14H2,1H3. The van der Waals surface area contributed by atoms with Crippen molar-refractivity contribution in [1.29, 1.82) is 0 Å². The van der Waals surface area contributed by atoms with Crippen LogP contribution in [0.5, 0.6) is 0 Å². The molecule has 33 heavy (non-hydrogen) atoms. The Bertz CT molecular complexity index is 756. The van der Waals surface area contributed by atoms with Crippen molar-refractivity contribution in [3.05, 3.63) is 35.4 Å². The van der Waals surface area contributed by atoms with E-state index >= 15 is 0 Å². The quantitative estimate of drug-likeness (QED) is 0.180. The van der Waals surface area contributed by atoms with Crippen LogP contribution in [-0.4, -0.2) is 36.8 Å². The fourth-order valence-corrected chi connectivity index (χ4v) is 4.07. The number of carbonyl (C=O) groups is 1. The second-order valence-corrected chi connectivity index (χ2v) is 8.61. The van der Waals surface area contributed by atoms with E-state index in [1.54, 1.807) is 12.1 Å². The zero-order chi connectivity index (χ0) is 24.9. The van der Waals surface area contributed by atoms with Crippen LogP contribution in [0.25, 0.3) is 0 Å². The molecular weight excluding hydrogens is 460 g/mol. The average molecular weight is 488 g/mol. The van der Waals surface area contributed by atoms with Gasteiger partial charge in [-0.25, -0.2) is 13.6 Å². The van der Waals surface area contributed by atoms with E-state index in [-0.39, 0.29) is 11.5 Å². The number of rotatable bonds is 11. The predicted molar refractivity (Wildman–Crippen MR) is 106 cm³/mol. The molecule has 1 aromatic carbocycles. The van der Waals surface area contributed by atoms with Crippen LogP contribution < -0.4 is 0 Å². The van der Waals surface area contributed by atoms with Crippen molar-refractivity contribution in [2.45, 2.75) is 88.4 Å². The number of unbranched alkanes of at least 4 members (excludes halogenated alkanes) is 2. The van der Waals surface area contributed by atoms with Crippen LogP contribution >= 0.6 is 0 Å². The van der Waals surface area contributed by atoms with Crippen molar-refractivity contribution < 1.29 is 44.7 Å². The van der Waals surface area contributed by atoms with Crippen molar-refractivity contribution in [1.82, 2.24) is 0 Å². The smallest absolute Gasteiger partial charge is 0.381 e. The molecule has 0 atom stereocenters. The maximum atomic E-state index is 13.5. The molecule has 188 valence electrons. The zero-order valence-electron chi connectivity index (χ0n) is 18.2. The van der Waals surface area contributed by atoms with Crippen molar-refractivity contribution in [3.63, 3.8) is 0 Å². The summed E-state index contributed by atoms with van der Waals surface area (Å²) in [5.41, 5.74) is 0.693. The van der Waals surface area contributed by atoms with Crippen LogP contribution in [0.2, 0.25) is 0 Å². The molecule has 0 N–H and O–H groups in total. The summed E-state index contributed by atoms with van der Waals surface area (Å²) in [7, 11) is 0. The molecule has 0 spiro atoms. The third kappa shape index (κ3) is 6.38. The van der Waals surface area contributed by atoms with E-state index in [1.165, 1.54) is 37.8 Å². The van der Waals surface area contributed by atoms with Crippen LogP contribution in [0.15, 0.2) is 24.3 Å². The summed E-state index contributed by atoms with van der Waals surface area (Å²) < 4.78 is 108. The lowest BCUT2D eigenvalue weighted by atomic mass is 9.77. The summed E-state index contributed by atoms with van der Waals surface area (Å²) in [4.78, 5) is 11.9. The molecule has 0 amide bonds. The highest BCUT2D eigenvalue weighted by molar-refractivity contribution is 5.89. The van der Waals surface area contributed by atoms with Gasteiger partial charge in [0.2, 0.25) is 0 Å². The Morgan fingerprint density at radius 1 is 0.970 bits per heavy atom. The molecule has 1 aliphatic rings. The average Bonchev–Trinajstić information content (AvgIpc) is 2.78. The van der Waals surface area contributed by atoms with E-state index < -0.39 is 36.8 Å². The fraction of sp³-hybridized carbons (Fsp3) is 0.696.